The molecule has 9 heteroatoms. The molecule has 0 aromatic heterocycles. The first-order chi connectivity index (χ1) is 11.3. The molecule has 7 nitrogen and oxygen atoms in total. The van der Waals surface area contributed by atoms with Crippen molar-refractivity contribution in [2.45, 2.75) is 56.6 Å². The number of carbonyl (C=O) groups is 1. The van der Waals surface area contributed by atoms with Gasteiger partial charge in [-0.1, -0.05) is 0 Å². The lowest BCUT2D eigenvalue weighted by molar-refractivity contribution is -0.130. The highest BCUT2D eigenvalue weighted by Gasteiger charge is 2.35. The first kappa shape index (κ1) is 19.1. The van der Waals surface area contributed by atoms with E-state index in [1.54, 1.807) is 13.8 Å². The van der Waals surface area contributed by atoms with Crippen LogP contribution in [0.3, 0.4) is 0 Å². The normalized spacial score (nSPS) is 26.7. The summed E-state index contributed by atoms with van der Waals surface area (Å²) in [4.78, 5) is 13.4. The van der Waals surface area contributed by atoms with E-state index < -0.39 is 27.5 Å². The summed E-state index contributed by atoms with van der Waals surface area (Å²) < 4.78 is 39.1. The van der Waals surface area contributed by atoms with Crippen LogP contribution in [0, 0.1) is 11.3 Å². The van der Waals surface area contributed by atoms with Crippen molar-refractivity contribution < 1.29 is 17.6 Å². The third-order valence-corrected chi connectivity index (χ3v) is 6.95. The van der Waals surface area contributed by atoms with Crippen LogP contribution in [0.25, 0.3) is 0 Å². The number of hydrogen-bond acceptors (Lipinski definition) is 5. The molecule has 0 aromatic rings. The molecule has 1 N–H and O–H groups in total. The number of halogens is 1. The average Bonchev–Trinajstić information content (AvgIpc) is 2.94. The number of alkyl halides is 1. The molecule has 0 spiro atoms. The van der Waals surface area contributed by atoms with Crippen molar-refractivity contribution in [2.75, 3.05) is 26.2 Å². The van der Waals surface area contributed by atoms with Gasteiger partial charge >= 0.3 is 0 Å². The van der Waals surface area contributed by atoms with Gasteiger partial charge in [-0.3, -0.25) is 4.79 Å². The number of nitrogens with one attached hydrogen (secondary N) is 1. The summed E-state index contributed by atoms with van der Waals surface area (Å²) in [6.45, 7) is 4.22. The molecule has 136 valence electrons. The molecule has 0 aliphatic carbocycles. The lowest BCUT2D eigenvalue weighted by atomic mass is 10.1. The number of piperidine rings is 1. The third-order valence-electron chi connectivity index (χ3n) is 4.67. The van der Waals surface area contributed by atoms with E-state index in [1.807, 2.05) is 6.07 Å². The highest BCUT2D eigenvalue weighted by molar-refractivity contribution is 7.89. The van der Waals surface area contributed by atoms with Gasteiger partial charge in [0.1, 0.15) is 12.2 Å². The van der Waals surface area contributed by atoms with Crippen molar-refractivity contribution in [1.29, 1.82) is 5.26 Å². The summed E-state index contributed by atoms with van der Waals surface area (Å²) in [5, 5.41) is 11.7. The zero-order chi connectivity index (χ0) is 17.9. The minimum atomic E-state index is -3.23. The fourth-order valence-electron chi connectivity index (χ4n) is 3.13. The van der Waals surface area contributed by atoms with Crippen LogP contribution < -0.4 is 5.32 Å². The molecule has 2 heterocycles. The van der Waals surface area contributed by atoms with E-state index in [2.05, 4.69) is 5.32 Å². The predicted molar refractivity (Wildman–Crippen MR) is 87.3 cm³/mol. The van der Waals surface area contributed by atoms with Gasteiger partial charge in [0, 0.05) is 25.6 Å². The van der Waals surface area contributed by atoms with Gasteiger partial charge in [-0.2, -0.15) is 5.26 Å². The van der Waals surface area contributed by atoms with Crippen LogP contribution in [0.15, 0.2) is 0 Å². The van der Waals surface area contributed by atoms with Crippen molar-refractivity contribution in [3.63, 3.8) is 0 Å². The van der Waals surface area contributed by atoms with Crippen molar-refractivity contribution in [2.24, 2.45) is 0 Å². The standard InChI is InChI=1S/C15H25FN4O3S/c1-11(2)24(22,23)19-5-3-13(4-6-19)18-9-15(21)20-10-12(16)7-14(20)8-17/h11-14,18H,3-7,9-10H2,1-2H3/t12?,14-/m0/s1. The van der Waals surface area contributed by atoms with E-state index in [0.717, 1.165) is 0 Å². The minimum Gasteiger partial charge on any atom is -0.323 e. The number of rotatable bonds is 5. The number of sulfonamides is 1. The summed E-state index contributed by atoms with van der Waals surface area (Å²) in [5.41, 5.74) is 0. The lowest BCUT2D eigenvalue weighted by Gasteiger charge is -2.33. The molecule has 24 heavy (non-hydrogen) atoms. The Bertz CT molecular complexity index is 596. The maximum atomic E-state index is 13.4. The van der Waals surface area contributed by atoms with Gasteiger partial charge in [0.05, 0.1) is 24.4 Å². The van der Waals surface area contributed by atoms with Crippen LogP contribution in [0.2, 0.25) is 0 Å². The Hall–Kier alpha value is -1.24. The molecule has 1 amide bonds. The predicted octanol–water partition coefficient (Wildman–Crippen LogP) is 0.241. The van der Waals surface area contributed by atoms with Gasteiger partial charge in [-0.25, -0.2) is 17.1 Å². The Kier molecular flexibility index (Phi) is 6.17. The van der Waals surface area contributed by atoms with Gasteiger partial charge < -0.3 is 10.2 Å². The number of nitrogens with zero attached hydrogens (tertiary/aromatic N) is 3. The Morgan fingerprint density at radius 2 is 2.00 bits per heavy atom. The molecule has 2 saturated heterocycles. The molecule has 2 atom stereocenters. The monoisotopic (exact) mass is 360 g/mol. The highest BCUT2D eigenvalue weighted by atomic mass is 32.2. The molecule has 2 fully saturated rings. The maximum absolute atomic E-state index is 13.4. The molecular formula is C15H25FN4O3S. The lowest BCUT2D eigenvalue weighted by Crippen LogP contribution is -2.49. The molecule has 2 rings (SSSR count). The van der Waals surface area contributed by atoms with E-state index >= 15 is 0 Å². The summed E-state index contributed by atoms with van der Waals surface area (Å²) in [5.74, 6) is -0.279. The van der Waals surface area contributed by atoms with Gasteiger partial charge in [0.15, 0.2) is 0 Å². The van der Waals surface area contributed by atoms with E-state index in [0.29, 0.717) is 25.9 Å². The van der Waals surface area contributed by atoms with Crippen molar-refractivity contribution >= 4 is 15.9 Å². The van der Waals surface area contributed by atoms with E-state index in [-0.39, 0.29) is 31.5 Å². The summed E-state index contributed by atoms with van der Waals surface area (Å²) in [6, 6.07) is 1.33. The Morgan fingerprint density at radius 3 is 2.54 bits per heavy atom. The van der Waals surface area contributed by atoms with Crippen molar-refractivity contribution in [3.8, 4) is 6.07 Å². The summed E-state index contributed by atoms with van der Waals surface area (Å²) in [6.07, 6.45) is 0.204. The van der Waals surface area contributed by atoms with Crippen LogP contribution in [0.5, 0.6) is 0 Å². The molecule has 0 radical (unpaired) electrons. The van der Waals surface area contributed by atoms with Crippen LogP contribution in [0.4, 0.5) is 4.39 Å². The molecule has 0 aromatic carbocycles. The molecule has 1 unspecified atom stereocenters. The molecule has 2 aliphatic rings. The van der Waals surface area contributed by atoms with Crippen LogP contribution in [0.1, 0.15) is 33.1 Å². The number of nitriles is 1. The highest BCUT2D eigenvalue weighted by Crippen LogP contribution is 2.20. The van der Waals surface area contributed by atoms with E-state index in [4.69, 9.17) is 5.26 Å². The average molecular weight is 360 g/mol. The van der Waals surface area contributed by atoms with Gasteiger partial charge in [-0.05, 0) is 26.7 Å². The number of likely N-dealkylation sites (tertiary alicyclic amines) is 1. The van der Waals surface area contributed by atoms with Gasteiger partial charge in [-0.15, -0.1) is 0 Å². The second kappa shape index (κ2) is 7.76. The SMILES string of the molecule is CC(C)S(=O)(=O)N1CCC(NCC(=O)N2CC(F)C[C@H]2C#N)CC1. The second-order valence-corrected chi connectivity index (χ2v) is 9.16. The zero-order valence-corrected chi connectivity index (χ0v) is 14.9. The Morgan fingerprint density at radius 1 is 1.38 bits per heavy atom. The fraction of sp³-hybridized carbons (Fsp3) is 0.867. The number of hydrogen-bond donors (Lipinski definition) is 1. The molecule has 0 saturated carbocycles. The number of amides is 1. The van der Waals surface area contributed by atoms with Crippen molar-refractivity contribution in [1.82, 2.24) is 14.5 Å². The smallest absolute Gasteiger partial charge is 0.237 e. The first-order valence-electron chi connectivity index (χ1n) is 8.31. The Labute approximate surface area is 142 Å². The molecule has 2 aliphatic heterocycles. The molecule has 0 bridgehead atoms. The summed E-state index contributed by atoms with van der Waals surface area (Å²) >= 11 is 0. The summed E-state index contributed by atoms with van der Waals surface area (Å²) in [7, 11) is -3.23. The fourth-order valence-corrected chi connectivity index (χ4v) is 4.44. The van der Waals surface area contributed by atoms with Gasteiger partial charge in [0.2, 0.25) is 15.9 Å². The largest absolute Gasteiger partial charge is 0.323 e. The minimum absolute atomic E-state index is 0.0240. The van der Waals surface area contributed by atoms with E-state index in [1.165, 1.54) is 9.21 Å². The van der Waals surface area contributed by atoms with Crippen LogP contribution in [-0.2, 0) is 14.8 Å². The quantitative estimate of drug-likeness (QED) is 0.758. The third kappa shape index (κ3) is 4.23. The first-order valence-corrected chi connectivity index (χ1v) is 9.81. The maximum Gasteiger partial charge on any atom is 0.237 e. The zero-order valence-electron chi connectivity index (χ0n) is 14.1. The van der Waals surface area contributed by atoms with Crippen LogP contribution in [-0.4, -0.2) is 73.2 Å². The van der Waals surface area contributed by atoms with Crippen LogP contribution >= 0.6 is 0 Å². The van der Waals surface area contributed by atoms with Gasteiger partial charge in [0.25, 0.3) is 0 Å². The Balaban J connectivity index is 1.79. The van der Waals surface area contributed by atoms with E-state index in [9.17, 15) is 17.6 Å². The van der Waals surface area contributed by atoms with Crippen molar-refractivity contribution in [3.05, 3.63) is 0 Å². The topological polar surface area (TPSA) is 93.5 Å². The second-order valence-electron chi connectivity index (χ2n) is 6.67. The molecular weight excluding hydrogens is 335 g/mol. The number of carbonyl (C=O) groups excluding carboxylic acids is 1.